The van der Waals surface area contributed by atoms with Crippen LogP contribution in [-0.2, 0) is 16.1 Å². The lowest BCUT2D eigenvalue weighted by molar-refractivity contribution is -0.143. The zero-order chi connectivity index (χ0) is 19.4. The van der Waals surface area contributed by atoms with Crippen molar-refractivity contribution in [3.8, 4) is 0 Å². The van der Waals surface area contributed by atoms with Gasteiger partial charge in [-0.3, -0.25) is 15.0 Å². The molecule has 8 nitrogen and oxygen atoms in total. The van der Waals surface area contributed by atoms with Crippen molar-refractivity contribution < 1.29 is 14.3 Å². The van der Waals surface area contributed by atoms with Gasteiger partial charge in [-0.2, -0.15) is 4.98 Å². The Hall–Kier alpha value is -2.87. The number of hydrogen-bond acceptors (Lipinski definition) is 6. The molecule has 3 rings (SSSR count). The summed E-state index contributed by atoms with van der Waals surface area (Å²) in [6, 6.07) is 6.61. The van der Waals surface area contributed by atoms with Crippen LogP contribution in [0.5, 0.6) is 0 Å². The molecule has 1 aromatic carbocycles. The summed E-state index contributed by atoms with van der Waals surface area (Å²) in [5.74, 6) is 0.473. The summed E-state index contributed by atoms with van der Waals surface area (Å²) in [5.41, 5.74) is 1.38. The van der Waals surface area contributed by atoms with Gasteiger partial charge in [0.15, 0.2) is 0 Å². The van der Waals surface area contributed by atoms with E-state index in [-0.39, 0.29) is 24.5 Å². The maximum Gasteiger partial charge on any atom is 0.327 e. The first-order valence-electron chi connectivity index (χ1n) is 8.59. The van der Waals surface area contributed by atoms with Crippen molar-refractivity contribution in [1.82, 2.24) is 9.97 Å². The lowest BCUT2D eigenvalue weighted by Crippen LogP contribution is -2.39. The topological polar surface area (TPSA) is 96.5 Å². The zero-order valence-corrected chi connectivity index (χ0v) is 15.8. The van der Waals surface area contributed by atoms with E-state index in [0.29, 0.717) is 35.6 Å². The average molecular weight is 390 g/mol. The van der Waals surface area contributed by atoms with Crippen LogP contribution in [-0.4, -0.2) is 34.6 Å². The second-order valence-electron chi connectivity index (χ2n) is 6.09. The third kappa shape index (κ3) is 4.46. The molecule has 27 heavy (non-hydrogen) atoms. The first-order valence-corrected chi connectivity index (χ1v) is 8.96. The maximum atomic E-state index is 12.5. The van der Waals surface area contributed by atoms with Crippen molar-refractivity contribution in [2.45, 2.75) is 32.9 Å². The van der Waals surface area contributed by atoms with E-state index in [9.17, 15) is 9.59 Å². The van der Waals surface area contributed by atoms with E-state index in [2.05, 4.69) is 20.6 Å². The third-order valence-electron chi connectivity index (χ3n) is 3.96. The van der Waals surface area contributed by atoms with Crippen molar-refractivity contribution in [3.05, 3.63) is 41.0 Å². The fourth-order valence-corrected chi connectivity index (χ4v) is 2.96. The molecule has 0 spiro atoms. The van der Waals surface area contributed by atoms with Crippen LogP contribution < -0.4 is 15.5 Å². The number of benzene rings is 1. The molecule has 0 saturated carbocycles. The Bertz CT molecular complexity index is 861. The molecule has 0 bridgehead atoms. The Morgan fingerprint density at radius 2 is 2.22 bits per heavy atom. The molecule has 0 fully saturated rings. The summed E-state index contributed by atoms with van der Waals surface area (Å²) >= 11 is 6.20. The Labute approximate surface area is 161 Å². The van der Waals surface area contributed by atoms with E-state index in [1.165, 1.54) is 4.90 Å². The SMILES string of the molecule is CCOC(=O)CC(C)Nc1ncc2c(n1)NC(=O)N(c1ccccc1Cl)C2. The van der Waals surface area contributed by atoms with Gasteiger partial charge >= 0.3 is 12.0 Å². The monoisotopic (exact) mass is 389 g/mol. The van der Waals surface area contributed by atoms with Gasteiger partial charge in [0.25, 0.3) is 0 Å². The van der Waals surface area contributed by atoms with Crippen LogP contribution in [0.3, 0.4) is 0 Å². The van der Waals surface area contributed by atoms with Gasteiger partial charge in [-0.15, -0.1) is 0 Å². The van der Waals surface area contributed by atoms with E-state index < -0.39 is 0 Å². The Morgan fingerprint density at radius 1 is 1.44 bits per heavy atom. The number of aromatic nitrogens is 2. The Kier molecular flexibility index (Phi) is 5.75. The van der Waals surface area contributed by atoms with Crippen molar-refractivity contribution in [1.29, 1.82) is 0 Å². The van der Waals surface area contributed by atoms with E-state index in [4.69, 9.17) is 16.3 Å². The van der Waals surface area contributed by atoms with Gasteiger partial charge in [0.2, 0.25) is 5.95 Å². The fraction of sp³-hybridized carbons (Fsp3) is 0.333. The van der Waals surface area contributed by atoms with Crippen molar-refractivity contribution in [2.24, 2.45) is 0 Å². The van der Waals surface area contributed by atoms with Crippen LogP contribution in [0.1, 0.15) is 25.8 Å². The number of ether oxygens (including phenoxy) is 1. The molecule has 1 aliphatic heterocycles. The van der Waals surface area contributed by atoms with Gasteiger partial charge in [0, 0.05) is 17.8 Å². The largest absolute Gasteiger partial charge is 0.466 e. The van der Waals surface area contributed by atoms with Crippen molar-refractivity contribution in [3.63, 3.8) is 0 Å². The molecule has 0 radical (unpaired) electrons. The lowest BCUT2D eigenvalue weighted by atomic mass is 10.2. The number of anilines is 3. The molecular weight excluding hydrogens is 370 g/mol. The highest BCUT2D eigenvalue weighted by molar-refractivity contribution is 6.34. The van der Waals surface area contributed by atoms with Gasteiger partial charge in [-0.05, 0) is 26.0 Å². The minimum atomic E-state index is -0.320. The number of rotatable bonds is 6. The van der Waals surface area contributed by atoms with Gasteiger partial charge in [-0.25, -0.2) is 9.78 Å². The first kappa shape index (κ1) is 18.9. The predicted octanol–water partition coefficient (Wildman–Crippen LogP) is 3.44. The number of fused-ring (bicyclic) bond motifs is 1. The van der Waals surface area contributed by atoms with Crippen molar-refractivity contribution >= 4 is 41.1 Å². The summed E-state index contributed by atoms with van der Waals surface area (Å²) < 4.78 is 4.93. The van der Waals surface area contributed by atoms with E-state index in [0.717, 1.165) is 5.56 Å². The van der Waals surface area contributed by atoms with Crippen LogP contribution in [0.4, 0.5) is 22.2 Å². The van der Waals surface area contributed by atoms with E-state index in [1.807, 2.05) is 13.0 Å². The highest BCUT2D eigenvalue weighted by atomic mass is 35.5. The Morgan fingerprint density at radius 3 is 2.96 bits per heavy atom. The van der Waals surface area contributed by atoms with Gasteiger partial charge in [0.1, 0.15) is 5.82 Å². The number of esters is 1. The van der Waals surface area contributed by atoms with E-state index in [1.54, 1.807) is 31.3 Å². The normalized spacial score (nSPS) is 14.2. The standard InChI is InChI=1S/C18H20ClN5O3/c1-3-27-15(25)8-11(2)21-17-20-9-12-10-24(18(26)23-16(12)22-17)14-7-5-4-6-13(14)19/h4-7,9,11H,3,8,10H2,1-2H3,(H2,20,21,22,23,26). The number of carbonyl (C=O) groups excluding carboxylic acids is 2. The average Bonchev–Trinajstić information content (AvgIpc) is 2.62. The zero-order valence-electron chi connectivity index (χ0n) is 15.0. The smallest absolute Gasteiger partial charge is 0.327 e. The predicted molar refractivity (Wildman–Crippen MR) is 103 cm³/mol. The number of nitrogens with one attached hydrogen (secondary N) is 2. The maximum absolute atomic E-state index is 12.5. The third-order valence-corrected chi connectivity index (χ3v) is 4.28. The Balaban J connectivity index is 1.72. The summed E-state index contributed by atoms with van der Waals surface area (Å²) in [7, 11) is 0. The minimum Gasteiger partial charge on any atom is -0.466 e. The van der Waals surface area contributed by atoms with Crippen LogP contribution >= 0.6 is 11.6 Å². The quantitative estimate of drug-likeness (QED) is 0.734. The molecule has 1 unspecified atom stereocenters. The molecule has 2 amide bonds. The van der Waals surface area contributed by atoms with Crippen LogP contribution in [0, 0.1) is 0 Å². The molecule has 1 atom stereocenters. The molecule has 2 aromatic rings. The van der Waals surface area contributed by atoms with Crippen LogP contribution in [0.25, 0.3) is 0 Å². The first-order chi connectivity index (χ1) is 13.0. The number of carbonyl (C=O) groups is 2. The number of para-hydroxylation sites is 1. The fourth-order valence-electron chi connectivity index (χ4n) is 2.72. The summed E-state index contributed by atoms with van der Waals surface area (Å²) in [4.78, 5) is 34.2. The van der Waals surface area contributed by atoms with Crippen LogP contribution in [0.15, 0.2) is 30.5 Å². The molecule has 0 aliphatic carbocycles. The van der Waals surface area contributed by atoms with Gasteiger partial charge < -0.3 is 10.1 Å². The number of amides is 2. The second kappa shape index (κ2) is 8.22. The van der Waals surface area contributed by atoms with Gasteiger partial charge in [-0.1, -0.05) is 23.7 Å². The molecule has 1 aliphatic rings. The molecule has 0 saturated heterocycles. The molecule has 1 aromatic heterocycles. The highest BCUT2D eigenvalue weighted by Crippen LogP contribution is 2.31. The molecule has 142 valence electrons. The number of halogens is 1. The second-order valence-corrected chi connectivity index (χ2v) is 6.50. The molecule has 2 heterocycles. The molecule has 9 heteroatoms. The summed E-state index contributed by atoms with van der Waals surface area (Å²) in [5, 5.41) is 6.28. The van der Waals surface area contributed by atoms with E-state index >= 15 is 0 Å². The number of urea groups is 1. The van der Waals surface area contributed by atoms with Crippen LogP contribution in [0.2, 0.25) is 5.02 Å². The minimum absolute atomic E-state index is 0.195. The summed E-state index contributed by atoms with van der Waals surface area (Å²) in [6.45, 7) is 4.24. The highest BCUT2D eigenvalue weighted by Gasteiger charge is 2.27. The molecular formula is C18H20ClN5O3. The van der Waals surface area contributed by atoms with Gasteiger partial charge in [0.05, 0.1) is 30.3 Å². The molecule has 2 N–H and O–H groups in total. The number of nitrogens with zero attached hydrogens (tertiary/aromatic N) is 3. The number of hydrogen-bond donors (Lipinski definition) is 2. The summed E-state index contributed by atoms with van der Waals surface area (Å²) in [6.07, 6.45) is 1.84. The lowest BCUT2D eigenvalue weighted by Gasteiger charge is -2.29. The van der Waals surface area contributed by atoms with Crippen molar-refractivity contribution in [2.75, 3.05) is 22.1 Å².